The molecule has 1 N–H and O–H groups in total. The van der Waals surface area contributed by atoms with Crippen LogP contribution >= 0.6 is 11.6 Å². The van der Waals surface area contributed by atoms with E-state index in [2.05, 4.69) is 42.6 Å². The van der Waals surface area contributed by atoms with Crippen molar-refractivity contribution in [2.24, 2.45) is 11.8 Å². The van der Waals surface area contributed by atoms with Crippen molar-refractivity contribution in [2.75, 3.05) is 18.0 Å². The highest BCUT2D eigenvalue weighted by molar-refractivity contribution is 6.30. The topological polar surface area (TPSA) is 49.2 Å². The van der Waals surface area contributed by atoms with Gasteiger partial charge in [0, 0.05) is 13.1 Å². The predicted octanol–water partition coefficient (Wildman–Crippen LogP) is 3.52. The van der Waals surface area contributed by atoms with Gasteiger partial charge in [-0.1, -0.05) is 39.3 Å². The molecule has 0 aliphatic heterocycles. The molecular weight excluding hydrogens is 274 g/mol. The van der Waals surface area contributed by atoms with Crippen LogP contribution in [-0.4, -0.2) is 28.2 Å². The minimum Gasteiger partial charge on any atom is -0.391 e. The van der Waals surface area contributed by atoms with Gasteiger partial charge in [0.1, 0.15) is 17.3 Å². The number of hydrogen-bond acceptors (Lipinski definition) is 4. The van der Waals surface area contributed by atoms with E-state index in [1.165, 1.54) is 6.33 Å². The number of aliphatic hydroxyl groups is 1. The van der Waals surface area contributed by atoms with Gasteiger partial charge in [0.2, 0.25) is 0 Å². The van der Waals surface area contributed by atoms with Gasteiger partial charge < -0.3 is 10.0 Å². The highest BCUT2D eigenvalue weighted by Gasteiger charge is 2.16. The van der Waals surface area contributed by atoms with Crippen LogP contribution in [0.2, 0.25) is 5.15 Å². The first-order valence-corrected chi connectivity index (χ1v) is 7.68. The maximum absolute atomic E-state index is 9.51. The Labute approximate surface area is 127 Å². The Bertz CT molecular complexity index is 398. The molecule has 4 nitrogen and oxygen atoms in total. The first kappa shape index (κ1) is 17.2. The third-order valence-corrected chi connectivity index (χ3v) is 3.61. The number of aliphatic hydroxyl groups excluding tert-OH is 1. The van der Waals surface area contributed by atoms with Crippen molar-refractivity contribution in [1.29, 1.82) is 0 Å². The van der Waals surface area contributed by atoms with Gasteiger partial charge in [-0.3, -0.25) is 0 Å². The number of nitrogens with zero attached hydrogens (tertiary/aromatic N) is 3. The molecule has 0 saturated heterocycles. The predicted molar refractivity (Wildman–Crippen MR) is 84.1 cm³/mol. The fourth-order valence-electron chi connectivity index (χ4n) is 1.94. The fourth-order valence-corrected chi connectivity index (χ4v) is 2.13. The van der Waals surface area contributed by atoms with Crippen molar-refractivity contribution in [3.63, 3.8) is 0 Å². The van der Waals surface area contributed by atoms with Crippen LogP contribution < -0.4 is 4.90 Å². The molecule has 0 fully saturated rings. The summed E-state index contributed by atoms with van der Waals surface area (Å²) in [6, 6.07) is 0. The van der Waals surface area contributed by atoms with Crippen LogP contribution in [0.15, 0.2) is 6.33 Å². The minimum absolute atomic E-state index is 0.130. The Morgan fingerprint density at radius 1 is 1.10 bits per heavy atom. The number of rotatable bonds is 8. The van der Waals surface area contributed by atoms with E-state index in [0.717, 1.165) is 31.7 Å². The van der Waals surface area contributed by atoms with Crippen molar-refractivity contribution in [1.82, 2.24) is 9.97 Å². The van der Waals surface area contributed by atoms with Gasteiger partial charge in [-0.2, -0.15) is 0 Å². The third kappa shape index (κ3) is 5.25. The van der Waals surface area contributed by atoms with Crippen LogP contribution in [-0.2, 0) is 6.61 Å². The zero-order valence-electron chi connectivity index (χ0n) is 12.9. The largest absolute Gasteiger partial charge is 0.391 e. The van der Waals surface area contributed by atoms with Crippen LogP contribution in [0.5, 0.6) is 0 Å². The molecule has 1 heterocycles. The lowest BCUT2D eigenvalue weighted by Crippen LogP contribution is -2.29. The summed E-state index contributed by atoms with van der Waals surface area (Å²) in [6.45, 7) is 10.5. The lowest BCUT2D eigenvalue weighted by molar-refractivity contribution is 0.281. The summed E-state index contributed by atoms with van der Waals surface area (Å²) in [5, 5.41) is 9.86. The molecule has 0 aliphatic rings. The molecule has 0 aliphatic carbocycles. The van der Waals surface area contributed by atoms with Gasteiger partial charge in [0.15, 0.2) is 0 Å². The summed E-state index contributed by atoms with van der Waals surface area (Å²) in [6.07, 6.45) is 3.64. The molecule has 1 aromatic heterocycles. The fraction of sp³-hybridized carbons (Fsp3) is 0.733. The van der Waals surface area contributed by atoms with E-state index in [9.17, 15) is 5.11 Å². The van der Waals surface area contributed by atoms with Gasteiger partial charge in [-0.05, 0) is 24.7 Å². The van der Waals surface area contributed by atoms with Gasteiger partial charge in [0.05, 0.1) is 12.2 Å². The van der Waals surface area contributed by atoms with E-state index in [1.807, 2.05) is 0 Å². The van der Waals surface area contributed by atoms with Gasteiger partial charge >= 0.3 is 0 Å². The molecule has 0 unspecified atom stereocenters. The Hall–Kier alpha value is -0.870. The van der Waals surface area contributed by atoms with Crippen LogP contribution in [0.4, 0.5) is 5.82 Å². The quantitative estimate of drug-likeness (QED) is 0.746. The highest BCUT2D eigenvalue weighted by atomic mass is 35.5. The Kier molecular flexibility index (Phi) is 7.24. The average molecular weight is 300 g/mol. The van der Waals surface area contributed by atoms with Crippen molar-refractivity contribution < 1.29 is 5.11 Å². The van der Waals surface area contributed by atoms with Gasteiger partial charge in [0.25, 0.3) is 0 Å². The lowest BCUT2D eigenvalue weighted by Gasteiger charge is -2.27. The first-order valence-electron chi connectivity index (χ1n) is 7.30. The monoisotopic (exact) mass is 299 g/mol. The van der Waals surface area contributed by atoms with Crippen molar-refractivity contribution in [3.05, 3.63) is 17.0 Å². The smallest absolute Gasteiger partial charge is 0.140 e. The standard InChI is InChI=1S/C15H26ClN3O/c1-11(2)5-7-19(8-6-12(3)4)15-13(9-20)14(16)17-10-18-15/h10-12,20H,5-9H2,1-4H3. The highest BCUT2D eigenvalue weighted by Crippen LogP contribution is 2.24. The van der Waals surface area contributed by atoms with Crippen molar-refractivity contribution >= 4 is 17.4 Å². The summed E-state index contributed by atoms with van der Waals surface area (Å²) in [5.41, 5.74) is 0.627. The summed E-state index contributed by atoms with van der Waals surface area (Å²) in [7, 11) is 0. The van der Waals surface area contributed by atoms with Crippen LogP contribution in [0.25, 0.3) is 0 Å². The summed E-state index contributed by atoms with van der Waals surface area (Å²) in [5.74, 6) is 2.03. The molecule has 1 rings (SSSR count). The van der Waals surface area contributed by atoms with E-state index >= 15 is 0 Å². The first-order chi connectivity index (χ1) is 9.45. The number of hydrogen-bond donors (Lipinski definition) is 1. The van der Waals surface area contributed by atoms with E-state index in [-0.39, 0.29) is 6.61 Å². The van der Waals surface area contributed by atoms with Gasteiger partial charge in [-0.25, -0.2) is 9.97 Å². The molecule has 0 saturated carbocycles. The summed E-state index contributed by atoms with van der Waals surface area (Å²) in [4.78, 5) is 10.5. The van der Waals surface area contributed by atoms with Crippen LogP contribution in [0.3, 0.4) is 0 Å². The molecule has 0 atom stereocenters. The van der Waals surface area contributed by atoms with Crippen molar-refractivity contribution in [2.45, 2.75) is 47.1 Å². The van der Waals surface area contributed by atoms with E-state index in [0.29, 0.717) is 22.6 Å². The lowest BCUT2D eigenvalue weighted by atomic mass is 10.1. The molecule has 5 heteroatoms. The molecule has 1 aromatic rings. The zero-order chi connectivity index (χ0) is 15.1. The Morgan fingerprint density at radius 3 is 2.10 bits per heavy atom. The Morgan fingerprint density at radius 2 is 1.65 bits per heavy atom. The third-order valence-electron chi connectivity index (χ3n) is 3.28. The molecule has 114 valence electrons. The number of halogens is 1. The molecule has 0 spiro atoms. The molecule has 0 bridgehead atoms. The summed E-state index contributed by atoms with van der Waals surface area (Å²) >= 11 is 6.06. The molecule has 0 radical (unpaired) electrons. The summed E-state index contributed by atoms with van der Waals surface area (Å²) < 4.78 is 0. The SMILES string of the molecule is CC(C)CCN(CCC(C)C)c1ncnc(Cl)c1CO. The molecular formula is C15H26ClN3O. The normalized spacial score (nSPS) is 11.4. The van der Waals surface area contributed by atoms with E-state index in [4.69, 9.17) is 11.6 Å². The van der Waals surface area contributed by atoms with Crippen LogP contribution in [0, 0.1) is 11.8 Å². The van der Waals surface area contributed by atoms with Crippen molar-refractivity contribution in [3.8, 4) is 0 Å². The van der Waals surface area contributed by atoms with E-state index < -0.39 is 0 Å². The van der Waals surface area contributed by atoms with Gasteiger partial charge in [-0.15, -0.1) is 0 Å². The molecule has 0 aromatic carbocycles. The van der Waals surface area contributed by atoms with Crippen LogP contribution in [0.1, 0.15) is 46.1 Å². The Balaban J connectivity index is 2.93. The van der Waals surface area contributed by atoms with E-state index in [1.54, 1.807) is 0 Å². The number of aromatic nitrogens is 2. The molecule has 20 heavy (non-hydrogen) atoms. The second kappa shape index (κ2) is 8.42. The maximum atomic E-state index is 9.51. The number of anilines is 1. The zero-order valence-corrected chi connectivity index (χ0v) is 13.7. The molecule has 0 amide bonds. The average Bonchev–Trinajstić information content (AvgIpc) is 2.38. The minimum atomic E-state index is -0.130. The maximum Gasteiger partial charge on any atom is 0.140 e. The second-order valence-corrected chi connectivity index (χ2v) is 6.33. The second-order valence-electron chi connectivity index (χ2n) is 5.98.